The third-order valence-electron chi connectivity index (χ3n) is 5.37. The van der Waals surface area contributed by atoms with Gasteiger partial charge in [0.25, 0.3) is 5.91 Å². The molecule has 27 heavy (non-hydrogen) atoms. The number of carbonyl (C=O) groups is 1. The lowest BCUT2D eigenvalue weighted by molar-refractivity contribution is -0.143. The number of hydrogen-bond donors (Lipinski definition) is 1. The molecule has 0 atom stereocenters. The van der Waals surface area contributed by atoms with Crippen molar-refractivity contribution in [3.05, 3.63) is 23.3 Å². The van der Waals surface area contributed by atoms with E-state index in [-0.39, 0.29) is 5.91 Å². The predicted molar refractivity (Wildman–Crippen MR) is 112 cm³/mol. The van der Waals surface area contributed by atoms with Crippen LogP contribution in [0, 0.1) is 13.8 Å². The zero-order chi connectivity index (χ0) is 19.7. The summed E-state index contributed by atoms with van der Waals surface area (Å²) in [5.41, 5.74) is 2.28. The minimum atomic E-state index is -0.676. The number of benzene rings is 1. The number of ether oxygens (including phenoxy) is 2. The summed E-state index contributed by atoms with van der Waals surface area (Å²) in [6, 6.07) is 4.02. The topological polar surface area (TPSA) is 47.6 Å². The van der Waals surface area contributed by atoms with Gasteiger partial charge in [-0.15, -0.1) is 0 Å². The van der Waals surface area contributed by atoms with Crippen LogP contribution < -0.4 is 10.1 Å². The van der Waals surface area contributed by atoms with Crippen LogP contribution in [0.25, 0.3) is 0 Å². The molecule has 1 aliphatic carbocycles. The van der Waals surface area contributed by atoms with Crippen LogP contribution in [0.3, 0.4) is 0 Å². The number of amides is 1. The van der Waals surface area contributed by atoms with Crippen LogP contribution in [0.4, 0.5) is 5.69 Å². The third-order valence-corrected chi connectivity index (χ3v) is 5.37. The van der Waals surface area contributed by atoms with E-state index in [2.05, 4.69) is 19.2 Å². The van der Waals surface area contributed by atoms with E-state index in [1.54, 1.807) is 0 Å². The van der Waals surface area contributed by atoms with Crippen molar-refractivity contribution in [3.63, 3.8) is 0 Å². The molecule has 0 unspecified atom stereocenters. The van der Waals surface area contributed by atoms with Crippen LogP contribution in [0.2, 0.25) is 0 Å². The summed E-state index contributed by atoms with van der Waals surface area (Å²) in [6.45, 7) is 9.70. The van der Waals surface area contributed by atoms with Crippen LogP contribution in [0.1, 0.15) is 82.8 Å². The van der Waals surface area contributed by atoms with Gasteiger partial charge in [-0.3, -0.25) is 4.79 Å². The standard InChI is InChI=1S/C23H37NO3/c1-5-7-15-26-21-18(3)16-20(17-19(21)4)24-22(25)23(27-14-6-2)12-10-8-9-11-13-23/h16-17H,5-15H2,1-4H3,(H,24,25). The highest BCUT2D eigenvalue weighted by Gasteiger charge is 2.39. The number of aryl methyl sites for hydroxylation is 2. The molecule has 4 nitrogen and oxygen atoms in total. The maximum atomic E-state index is 13.2. The van der Waals surface area contributed by atoms with Gasteiger partial charge in [0.05, 0.1) is 6.61 Å². The third kappa shape index (κ3) is 5.97. The minimum absolute atomic E-state index is 0.0105. The van der Waals surface area contributed by atoms with Crippen molar-refractivity contribution in [2.24, 2.45) is 0 Å². The Morgan fingerprint density at radius 1 is 1.00 bits per heavy atom. The molecule has 1 amide bonds. The van der Waals surface area contributed by atoms with E-state index in [0.29, 0.717) is 6.61 Å². The molecule has 0 radical (unpaired) electrons. The monoisotopic (exact) mass is 375 g/mol. The van der Waals surface area contributed by atoms with Gasteiger partial charge in [-0.25, -0.2) is 0 Å². The first-order valence-electron chi connectivity index (χ1n) is 10.7. The molecule has 152 valence electrons. The van der Waals surface area contributed by atoms with E-state index < -0.39 is 5.60 Å². The van der Waals surface area contributed by atoms with Gasteiger partial charge in [0.1, 0.15) is 11.4 Å². The number of carbonyl (C=O) groups excluding carboxylic acids is 1. The van der Waals surface area contributed by atoms with Gasteiger partial charge in [-0.2, -0.15) is 0 Å². The number of nitrogens with one attached hydrogen (secondary N) is 1. The predicted octanol–water partition coefficient (Wildman–Crippen LogP) is 5.94. The molecule has 1 aliphatic rings. The lowest BCUT2D eigenvalue weighted by atomic mass is 9.92. The Morgan fingerprint density at radius 2 is 1.63 bits per heavy atom. The zero-order valence-electron chi connectivity index (χ0n) is 17.7. The van der Waals surface area contributed by atoms with Crippen molar-refractivity contribution in [3.8, 4) is 5.75 Å². The molecule has 2 rings (SSSR count). The minimum Gasteiger partial charge on any atom is -0.493 e. The second-order valence-electron chi connectivity index (χ2n) is 7.85. The van der Waals surface area contributed by atoms with Gasteiger partial charge in [-0.1, -0.05) is 46.0 Å². The smallest absolute Gasteiger partial charge is 0.256 e. The van der Waals surface area contributed by atoms with Crippen molar-refractivity contribution in [2.45, 2.75) is 91.1 Å². The number of unbranched alkanes of at least 4 members (excludes halogenated alkanes) is 1. The normalized spacial score (nSPS) is 16.6. The fraction of sp³-hybridized carbons (Fsp3) is 0.696. The van der Waals surface area contributed by atoms with Crippen LogP contribution in [0.15, 0.2) is 12.1 Å². The fourth-order valence-corrected chi connectivity index (χ4v) is 3.85. The first kappa shape index (κ1) is 21.7. The van der Waals surface area contributed by atoms with E-state index in [1.165, 1.54) is 12.8 Å². The molecule has 1 saturated carbocycles. The highest BCUT2D eigenvalue weighted by molar-refractivity contribution is 5.97. The molecule has 1 fully saturated rings. The van der Waals surface area contributed by atoms with Crippen molar-refractivity contribution < 1.29 is 14.3 Å². The number of hydrogen-bond acceptors (Lipinski definition) is 3. The molecule has 0 saturated heterocycles. The lowest BCUT2D eigenvalue weighted by Crippen LogP contribution is -2.45. The molecule has 1 aromatic rings. The molecule has 0 spiro atoms. The maximum Gasteiger partial charge on any atom is 0.256 e. The quantitative estimate of drug-likeness (QED) is 0.429. The van der Waals surface area contributed by atoms with Crippen molar-refractivity contribution >= 4 is 11.6 Å². The van der Waals surface area contributed by atoms with Gasteiger partial charge in [-0.05, 0) is 62.8 Å². The summed E-state index contributed by atoms with van der Waals surface area (Å²) in [7, 11) is 0. The molecule has 1 aromatic carbocycles. The Labute approximate surface area is 165 Å². The molecule has 4 heteroatoms. The Morgan fingerprint density at radius 3 is 2.19 bits per heavy atom. The summed E-state index contributed by atoms with van der Waals surface area (Å²) < 4.78 is 12.1. The van der Waals surface area contributed by atoms with Crippen LogP contribution in [0.5, 0.6) is 5.75 Å². The summed E-state index contributed by atoms with van der Waals surface area (Å²) >= 11 is 0. The van der Waals surface area contributed by atoms with Gasteiger partial charge in [0.15, 0.2) is 0 Å². The Kier molecular flexibility index (Phi) is 8.62. The van der Waals surface area contributed by atoms with E-state index in [1.807, 2.05) is 26.0 Å². The summed E-state index contributed by atoms with van der Waals surface area (Å²) in [4.78, 5) is 13.2. The van der Waals surface area contributed by atoms with Gasteiger partial charge in [0, 0.05) is 12.3 Å². The largest absolute Gasteiger partial charge is 0.493 e. The van der Waals surface area contributed by atoms with E-state index in [4.69, 9.17) is 9.47 Å². The van der Waals surface area contributed by atoms with Gasteiger partial charge in [0.2, 0.25) is 0 Å². The summed E-state index contributed by atoms with van der Waals surface area (Å²) in [5, 5.41) is 3.15. The van der Waals surface area contributed by atoms with Gasteiger partial charge >= 0.3 is 0 Å². The van der Waals surface area contributed by atoms with Crippen LogP contribution >= 0.6 is 0 Å². The second-order valence-corrected chi connectivity index (χ2v) is 7.85. The first-order valence-corrected chi connectivity index (χ1v) is 10.7. The molecule has 0 aliphatic heterocycles. The first-order chi connectivity index (χ1) is 13.0. The highest BCUT2D eigenvalue weighted by Crippen LogP contribution is 2.33. The summed E-state index contributed by atoms with van der Waals surface area (Å²) in [6.07, 6.45) is 9.21. The lowest BCUT2D eigenvalue weighted by Gasteiger charge is -2.31. The molecule has 1 N–H and O–H groups in total. The average molecular weight is 376 g/mol. The molecular formula is C23H37NO3. The van der Waals surface area contributed by atoms with Crippen LogP contribution in [-0.4, -0.2) is 24.7 Å². The van der Waals surface area contributed by atoms with E-state index in [9.17, 15) is 4.79 Å². The average Bonchev–Trinajstić information content (AvgIpc) is 2.89. The SMILES string of the molecule is CCCCOc1c(C)cc(NC(=O)C2(OCCC)CCCCCC2)cc1C. The zero-order valence-corrected chi connectivity index (χ0v) is 17.7. The van der Waals surface area contributed by atoms with Crippen molar-refractivity contribution in [1.29, 1.82) is 0 Å². The number of rotatable bonds is 9. The molecular weight excluding hydrogens is 338 g/mol. The molecule has 0 heterocycles. The highest BCUT2D eigenvalue weighted by atomic mass is 16.5. The Hall–Kier alpha value is -1.55. The van der Waals surface area contributed by atoms with Crippen LogP contribution in [-0.2, 0) is 9.53 Å². The maximum absolute atomic E-state index is 13.2. The Bertz CT molecular complexity index is 581. The Balaban J connectivity index is 2.14. The second kappa shape index (κ2) is 10.7. The fourth-order valence-electron chi connectivity index (χ4n) is 3.85. The van der Waals surface area contributed by atoms with Crippen molar-refractivity contribution in [2.75, 3.05) is 18.5 Å². The number of anilines is 1. The van der Waals surface area contributed by atoms with E-state index in [0.717, 1.165) is 74.1 Å². The van der Waals surface area contributed by atoms with Crippen molar-refractivity contribution in [1.82, 2.24) is 0 Å². The summed E-state index contributed by atoms with van der Waals surface area (Å²) in [5.74, 6) is 0.948. The van der Waals surface area contributed by atoms with E-state index >= 15 is 0 Å². The molecule has 0 bridgehead atoms. The molecule has 0 aromatic heterocycles. The van der Waals surface area contributed by atoms with Gasteiger partial charge < -0.3 is 14.8 Å².